The van der Waals surface area contributed by atoms with Crippen LogP contribution in [0.3, 0.4) is 0 Å². The Morgan fingerprint density at radius 1 is 1.14 bits per heavy atom. The third-order valence-electron chi connectivity index (χ3n) is 3.22. The number of rotatable bonds is 3. The first-order valence-corrected chi connectivity index (χ1v) is 6.39. The molecule has 3 aromatic rings. The summed E-state index contributed by atoms with van der Waals surface area (Å²) in [6.45, 7) is 0. The van der Waals surface area contributed by atoms with Crippen LogP contribution in [0.1, 0.15) is 10.4 Å². The lowest BCUT2D eigenvalue weighted by Crippen LogP contribution is -2.12. The number of ether oxygens (including phenoxy) is 1. The van der Waals surface area contributed by atoms with Gasteiger partial charge in [-0.1, -0.05) is 6.07 Å². The maximum Gasteiger partial charge on any atom is 0.250 e. The maximum atomic E-state index is 11.4. The van der Waals surface area contributed by atoms with E-state index in [0.29, 0.717) is 16.6 Å². The summed E-state index contributed by atoms with van der Waals surface area (Å²) in [5, 5.41) is 0. The molecule has 0 aliphatic carbocycles. The van der Waals surface area contributed by atoms with E-state index in [2.05, 4.69) is 9.97 Å². The summed E-state index contributed by atoms with van der Waals surface area (Å²) in [7, 11) is 1.62. The van der Waals surface area contributed by atoms with Gasteiger partial charge in [0.2, 0.25) is 0 Å². The van der Waals surface area contributed by atoms with Crippen LogP contribution in [0.15, 0.2) is 48.7 Å². The number of nitrogens with zero attached hydrogens (tertiary/aromatic N) is 2. The van der Waals surface area contributed by atoms with E-state index in [9.17, 15) is 4.79 Å². The zero-order valence-electron chi connectivity index (χ0n) is 11.4. The number of primary amides is 1. The molecule has 0 spiro atoms. The number of amides is 1. The summed E-state index contributed by atoms with van der Waals surface area (Å²) in [6, 6.07) is 12.7. The van der Waals surface area contributed by atoms with Crippen molar-refractivity contribution >= 4 is 16.9 Å². The van der Waals surface area contributed by atoms with Crippen molar-refractivity contribution in [2.75, 3.05) is 7.11 Å². The van der Waals surface area contributed by atoms with Crippen LogP contribution in [0.4, 0.5) is 0 Å². The normalized spacial score (nSPS) is 10.5. The average Bonchev–Trinajstić information content (AvgIpc) is 2.53. The van der Waals surface area contributed by atoms with Crippen LogP contribution in [-0.2, 0) is 0 Å². The van der Waals surface area contributed by atoms with Gasteiger partial charge in [-0.25, -0.2) is 4.98 Å². The fourth-order valence-electron chi connectivity index (χ4n) is 2.14. The van der Waals surface area contributed by atoms with Gasteiger partial charge in [-0.3, -0.25) is 9.78 Å². The maximum absolute atomic E-state index is 11.4. The van der Waals surface area contributed by atoms with Gasteiger partial charge in [0.05, 0.1) is 30.1 Å². The zero-order chi connectivity index (χ0) is 14.8. The summed E-state index contributed by atoms with van der Waals surface area (Å²) < 4.78 is 5.13. The third kappa shape index (κ3) is 2.41. The molecule has 0 bridgehead atoms. The zero-order valence-corrected chi connectivity index (χ0v) is 11.4. The first kappa shape index (κ1) is 13.1. The number of hydrogen-bond donors (Lipinski definition) is 1. The number of fused-ring (bicyclic) bond motifs is 1. The van der Waals surface area contributed by atoms with Gasteiger partial charge >= 0.3 is 0 Å². The number of para-hydroxylation sites is 1. The third-order valence-corrected chi connectivity index (χ3v) is 3.22. The number of benzene rings is 2. The van der Waals surface area contributed by atoms with Crippen molar-refractivity contribution in [1.82, 2.24) is 9.97 Å². The van der Waals surface area contributed by atoms with E-state index in [1.165, 1.54) is 0 Å². The molecule has 2 aromatic carbocycles. The van der Waals surface area contributed by atoms with Gasteiger partial charge < -0.3 is 10.5 Å². The van der Waals surface area contributed by atoms with E-state index in [1.54, 1.807) is 25.4 Å². The molecule has 5 nitrogen and oxygen atoms in total. The van der Waals surface area contributed by atoms with Gasteiger partial charge in [-0.2, -0.15) is 0 Å². The van der Waals surface area contributed by atoms with Crippen molar-refractivity contribution in [2.24, 2.45) is 5.73 Å². The first-order chi connectivity index (χ1) is 10.2. The van der Waals surface area contributed by atoms with Crippen LogP contribution in [0.2, 0.25) is 0 Å². The highest BCUT2D eigenvalue weighted by molar-refractivity contribution is 6.03. The Kier molecular flexibility index (Phi) is 3.23. The summed E-state index contributed by atoms with van der Waals surface area (Å²) in [6.07, 6.45) is 1.64. The van der Waals surface area contributed by atoms with E-state index < -0.39 is 5.91 Å². The minimum atomic E-state index is -0.507. The fourth-order valence-corrected chi connectivity index (χ4v) is 2.14. The number of carbonyl (C=O) groups excluding carboxylic acids is 1. The summed E-state index contributed by atoms with van der Waals surface area (Å²) in [4.78, 5) is 20.2. The largest absolute Gasteiger partial charge is 0.497 e. The first-order valence-electron chi connectivity index (χ1n) is 6.39. The highest BCUT2D eigenvalue weighted by atomic mass is 16.5. The van der Waals surface area contributed by atoms with Gasteiger partial charge in [0.1, 0.15) is 11.3 Å². The minimum Gasteiger partial charge on any atom is -0.497 e. The Morgan fingerprint density at radius 2 is 1.90 bits per heavy atom. The van der Waals surface area contributed by atoms with Crippen LogP contribution in [0, 0.1) is 0 Å². The smallest absolute Gasteiger partial charge is 0.250 e. The lowest BCUT2D eigenvalue weighted by Gasteiger charge is -2.06. The second kappa shape index (κ2) is 5.20. The average molecular weight is 279 g/mol. The van der Waals surface area contributed by atoms with E-state index in [0.717, 1.165) is 17.0 Å². The van der Waals surface area contributed by atoms with E-state index >= 15 is 0 Å². The van der Waals surface area contributed by atoms with Crippen LogP contribution in [0.25, 0.3) is 22.3 Å². The topological polar surface area (TPSA) is 78.1 Å². The van der Waals surface area contributed by atoms with Gasteiger partial charge in [-0.05, 0) is 36.4 Å². The Bertz CT molecular complexity index is 813. The number of nitrogens with two attached hydrogens (primary N) is 1. The van der Waals surface area contributed by atoms with E-state index in [1.807, 2.05) is 30.3 Å². The summed E-state index contributed by atoms with van der Waals surface area (Å²) in [5.74, 6) is 0.274. The predicted molar refractivity (Wildman–Crippen MR) is 80.0 cm³/mol. The highest BCUT2D eigenvalue weighted by Crippen LogP contribution is 2.23. The van der Waals surface area contributed by atoms with Crippen molar-refractivity contribution in [3.63, 3.8) is 0 Å². The summed E-state index contributed by atoms with van der Waals surface area (Å²) in [5.41, 5.74) is 8.53. The van der Waals surface area contributed by atoms with E-state index in [4.69, 9.17) is 10.5 Å². The molecule has 1 aromatic heterocycles. The molecule has 0 unspecified atom stereocenters. The monoisotopic (exact) mass is 279 g/mol. The number of hydrogen-bond acceptors (Lipinski definition) is 4. The molecule has 2 N–H and O–H groups in total. The van der Waals surface area contributed by atoms with Crippen molar-refractivity contribution in [3.05, 3.63) is 54.2 Å². The van der Waals surface area contributed by atoms with Gasteiger partial charge in [0, 0.05) is 5.56 Å². The number of carbonyl (C=O) groups is 1. The number of methoxy groups -OCH3 is 1. The Balaban J connectivity index is 2.10. The molecule has 5 heteroatoms. The Labute approximate surface area is 121 Å². The molecule has 0 fully saturated rings. The van der Waals surface area contributed by atoms with Crippen LogP contribution >= 0.6 is 0 Å². The molecule has 1 heterocycles. The molecule has 1 amide bonds. The Morgan fingerprint density at radius 3 is 2.57 bits per heavy atom. The molecule has 0 saturated carbocycles. The molecular weight excluding hydrogens is 266 g/mol. The Hall–Kier alpha value is -2.95. The lowest BCUT2D eigenvalue weighted by molar-refractivity contribution is 0.100. The number of aromatic nitrogens is 2. The summed E-state index contributed by atoms with van der Waals surface area (Å²) >= 11 is 0. The molecule has 0 atom stereocenters. The standard InChI is InChI=1S/C16H13N3O2/c1-21-11-7-5-10(6-8-11)14-9-18-15-12(16(17)20)3-2-4-13(15)19-14/h2-9H,1H3,(H2,17,20). The van der Waals surface area contributed by atoms with Crippen LogP contribution in [-0.4, -0.2) is 23.0 Å². The minimum absolute atomic E-state index is 0.376. The molecule has 0 radical (unpaired) electrons. The molecule has 104 valence electrons. The second-order valence-corrected chi connectivity index (χ2v) is 4.52. The molecule has 21 heavy (non-hydrogen) atoms. The molecule has 3 rings (SSSR count). The quantitative estimate of drug-likeness (QED) is 0.798. The second-order valence-electron chi connectivity index (χ2n) is 4.52. The van der Waals surface area contributed by atoms with Crippen molar-refractivity contribution in [3.8, 4) is 17.0 Å². The van der Waals surface area contributed by atoms with Crippen molar-refractivity contribution < 1.29 is 9.53 Å². The van der Waals surface area contributed by atoms with Crippen LogP contribution < -0.4 is 10.5 Å². The SMILES string of the molecule is COc1ccc(-c2cnc3c(C(N)=O)cccc3n2)cc1. The van der Waals surface area contributed by atoms with Crippen molar-refractivity contribution in [1.29, 1.82) is 0 Å². The fraction of sp³-hybridized carbons (Fsp3) is 0.0625. The molecule has 0 aliphatic rings. The van der Waals surface area contributed by atoms with E-state index in [-0.39, 0.29) is 0 Å². The highest BCUT2D eigenvalue weighted by Gasteiger charge is 2.09. The van der Waals surface area contributed by atoms with Gasteiger partial charge in [0.25, 0.3) is 5.91 Å². The van der Waals surface area contributed by atoms with Gasteiger partial charge in [0.15, 0.2) is 0 Å². The lowest BCUT2D eigenvalue weighted by atomic mass is 10.1. The molecular formula is C16H13N3O2. The predicted octanol–water partition coefficient (Wildman–Crippen LogP) is 2.40. The van der Waals surface area contributed by atoms with Gasteiger partial charge in [-0.15, -0.1) is 0 Å². The molecule has 0 saturated heterocycles. The molecule has 0 aliphatic heterocycles. The van der Waals surface area contributed by atoms with Crippen LogP contribution in [0.5, 0.6) is 5.75 Å². The van der Waals surface area contributed by atoms with Crippen molar-refractivity contribution in [2.45, 2.75) is 0 Å².